The smallest absolute Gasteiger partial charge is 0.255 e. The van der Waals surface area contributed by atoms with Gasteiger partial charge in [-0.25, -0.2) is 4.98 Å². The highest BCUT2D eigenvalue weighted by Crippen LogP contribution is 2.21. The van der Waals surface area contributed by atoms with E-state index in [2.05, 4.69) is 41.9 Å². The van der Waals surface area contributed by atoms with Crippen LogP contribution in [-0.4, -0.2) is 21.4 Å². The van der Waals surface area contributed by atoms with E-state index in [1.165, 1.54) is 16.7 Å². The minimum absolute atomic E-state index is 0.0445. The normalized spacial score (nSPS) is 14.1. The molecule has 0 amide bonds. The predicted octanol–water partition coefficient (Wildman–Crippen LogP) is 3.19. The molecule has 3 N–H and O–H groups in total. The maximum atomic E-state index is 12.7. The number of nitrogen functional groups attached to an aromatic ring is 1. The summed E-state index contributed by atoms with van der Waals surface area (Å²) in [6.07, 6.45) is 0.784. The number of aromatic nitrogens is 2. The fourth-order valence-electron chi connectivity index (χ4n) is 3.81. The largest absolute Gasteiger partial charge is 0.399 e. The van der Waals surface area contributed by atoms with E-state index in [0.717, 1.165) is 36.3 Å². The van der Waals surface area contributed by atoms with E-state index < -0.39 is 0 Å². The van der Waals surface area contributed by atoms with Crippen molar-refractivity contribution < 1.29 is 0 Å². The average molecular weight is 360 g/mol. The maximum Gasteiger partial charge on any atom is 0.255 e. The van der Waals surface area contributed by atoms with Gasteiger partial charge in [0, 0.05) is 37.3 Å². The lowest BCUT2D eigenvalue weighted by molar-refractivity contribution is 0.242. The molecule has 1 aliphatic rings. The van der Waals surface area contributed by atoms with E-state index in [9.17, 15) is 4.79 Å². The number of benzene rings is 2. The van der Waals surface area contributed by atoms with Gasteiger partial charge in [-0.05, 0) is 43.7 Å². The van der Waals surface area contributed by atoms with Crippen LogP contribution in [0.2, 0.25) is 0 Å². The predicted molar refractivity (Wildman–Crippen MR) is 108 cm³/mol. The summed E-state index contributed by atoms with van der Waals surface area (Å²) in [6, 6.07) is 14.0. The second kappa shape index (κ2) is 7.00. The third-order valence-electron chi connectivity index (χ3n) is 5.02. The highest BCUT2D eigenvalue weighted by atomic mass is 16.1. The second-order valence-corrected chi connectivity index (χ2v) is 7.42. The van der Waals surface area contributed by atoms with Gasteiger partial charge in [0.05, 0.1) is 11.3 Å². The lowest BCUT2D eigenvalue weighted by Gasteiger charge is -2.28. The van der Waals surface area contributed by atoms with Gasteiger partial charge < -0.3 is 10.7 Å². The minimum Gasteiger partial charge on any atom is -0.399 e. The van der Waals surface area contributed by atoms with Crippen LogP contribution in [0, 0.1) is 13.8 Å². The van der Waals surface area contributed by atoms with E-state index >= 15 is 0 Å². The molecule has 5 heteroatoms. The molecule has 0 unspecified atom stereocenters. The van der Waals surface area contributed by atoms with Crippen LogP contribution in [0.3, 0.4) is 0 Å². The number of nitrogens with one attached hydrogen (secondary N) is 1. The average Bonchev–Trinajstić information content (AvgIpc) is 2.62. The molecule has 0 radical (unpaired) electrons. The molecular weight excluding hydrogens is 336 g/mol. The molecule has 3 aromatic rings. The van der Waals surface area contributed by atoms with Gasteiger partial charge in [-0.2, -0.15) is 0 Å². The molecule has 2 heterocycles. The van der Waals surface area contributed by atoms with Crippen molar-refractivity contribution in [3.63, 3.8) is 0 Å². The molecule has 1 aliphatic heterocycles. The van der Waals surface area contributed by atoms with Gasteiger partial charge in [-0.3, -0.25) is 9.69 Å². The zero-order valence-electron chi connectivity index (χ0n) is 15.7. The number of aromatic amines is 1. The fourth-order valence-corrected chi connectivity index (χ4v) is 3.81. The lowest BCUT2D eigenvalue weighted by Crippen LogP contribution is -2.35. The number of hydrogen-bond donors (Lipinski definition) is 2. The van der Waals surface area contributed by atoms with Crippen molar-refractivity contribution in [1.82, 2.24) is 14.9 Å². The van der Waals surface area contributed by atoms with Gasteiger partial charge in [0.15, 0.2) is 0 Å². The van der Waals surface area contributed by atoms with E-state index in [0.29, 0.717) is 18.1 Å². The summed E-state index contributed by atoms with van der Waals surface area (Å²) >= 11 is 0. The molecular formula is C22H24N4O. The number of nitrogens with zero attached hydrogens (tertiary/aromatic N) is 2. The Labute approximate surface area is 158 Å². The first-order valence-electron chi connectivity index (χ1n) is 9.25. The molecule has 2 aromatic carbocycles. The highest BCUT2D eigenvalue weighted by molar-refractivity contribution is 5.58. The van der Waals surface area contributed by atoms with Crippen molar-refractivity contribution in [2.45, 2.75) is 33.4 Å². The monoisotopic (exact) mass is 360 g/mol. The van der Waals surface area contributed by atoms with E-state index in [4.69, 9.17) is 10.7 Å². The van der Waals surface area contributed by atoms with Crippen LogP contribution >= 0.6 is 0 Å². The van der Waals surface area contributed by atoms with Crippen molar-refractivity contribution >= 4 is 5.69 Å². The zero-order valence-corrected chi connectivity index (χ0v) is 15.7. The summed E-state index contributed by atoms with van der Waals surface area (Å²) in [5.41, 5.74) is 12.8. The molecule has 0 saturated heterocycles. The Morgan fingerprint density at radius 2 is 1.81 bits per heavy atom. The lowest BCUT2D eigenvalue weighted by atomic mass is 10.0. The van der Waals surface area contributed by atoms with Crippen molar-refractivity contribution in [2.75, 3.05) is 12.3 Å². The standard InChI is InChI=1S/C22H24N4O/c1-14-9-15(2)11-16(10-14)12-26-8-7-20-19(13-26)22(27)25-21(24-20)17-3-5-18(23)6-4-17/h3-6,9-11H,7-8,12-13,23H2,1-2H3,(H,24,25,27). The van der Waals surface area contributed by atoms with E-state index in [1.807, 2.05) is 24.3 Å². The van der Waals surface area contributed by atoms with Gasteiger partial charge in [-0.15, -0.1) is 0 Å². The maximum absolute atomic E-state index is 12.7. The summed E-state index contributed by atoms with van der Waals surface area (Å²) in [5.74, 6) is 0.613. The number of aryl methyl sites for hydroxylation is 2. The Bertz CT molecular complexity index is 1020. The number of H-pyrrole nitrogens is 1. The molecule has 138 valence electrons. The van der Waals surface area contributed by atoms with Gasteiger partial charge >= 0.3 is 0 Å². The first kappa shape index (κ1) is 17.5. The Kier molecular flexibility index (Phi) is 4.54. The second-order valence-electron chi connectivity index (χ2n) is 7.42. The van der Waals surface area contributed by atoms with Crippen LogP contribution in [0.4, 0.5) is 5.69 Å². The first-order valence-corrected chi connectivity index (χ1v) is 9.25. The highest BCUT2D eigenvalue weighted by Gasteiger charge is 2.21. The Hall–Kier alpha value is -2.92. The summed E-state index contributed by atoms with van der Waals surface area (Å²) < 4.78 is 0. The summed E-state index contributed by atoms with van der Waals surface area (Å²) in [7, 11) is 0. The van der Waals surface area contributed by atoms with Crippen LogP contribution in [0.15, 0.2) is 47.3 Å². The third kappa shape index (κ3) is 3.78. The van der Waals surface area contributed by atoms with Gasteiger partial charge in [0.2, 0.25) is 0 Å². The topological polar surface area (TPSA) is 75.0 Å². The van der Waals surface area contributed by atoms with Crippen molar-refractivity contribution in [2.24, 2.45) is 0 Å². The summed E-state index contributed by atoms with van der Waals surface area (Å²) in [5, 5.41) is 0. The molecule has 0 bridgehead atoms. The molecule has 1 aromatic heterocycles. The van der Waals surface area contributed by atoms with Crippen LogP contribution in [-0.2, 0) is 19.5 Å². The number of rotatable bonds is 3. The van der Waals surface area contributed by atoms with Crippen molar-refractivity contribution in [3.05, 3.63) is 80.8 Å². The molecule has 5 nitrogen and oxygen atoms in total. The number of anilines is 1. The zero-order chi connectivity index (χ0) is 19.0. The molecule has 0 aliphatic carbocycles. The van der Waals surface area contributed by atoms with Crippen LogP contribution in [0.1, 0.15) is 27.9 Å². The molecule has 4 rings (SSSR count). The van der Waals surface area contributed by atoms with E-state index in [-0.39, 0.29) is 5.56 Å². The molecule has 0 saturated carbocycles. The Morgan fingerprint density at radius 3 is 2.52 bits per heavy atom. The van der Waals surface area contributed by atoms with Gasteiger partial charge in [0.1, 0.15) is 5.82 Å². The first-order chi connectivity index (χ1) is 13.0. The summed E-state index contributed by atoms with van der Waals surface area (Å²) in [6.45, 7) is 6.62. The van der Waals surface area contributed by atoms with Gasteiger partial charge in [0.25, 0.3) is 5.56 Å². The third-order valence-corrected chi connectivity index (χ3v) is 5.02. The van der Waals surface area contributed by atoms with Crippen LogP contribution in [0.25, 0.3) is 11.4 Å². The molecule has 0 atom stereocenters. The van der Waals surface area contributed by atoms with Gasteiger partial charge in [-0.1, -0.05) is 29.3 Å². The Balaban J connectivity index is 1.58. The SMILES string of the molecule is Cc1cc(C)cc(CN2CCc3nc(-c4ccc(N)cc4)[nH]c(=O)c3C2)c1. The summed E-state index contributed by atoms with van der Waals surface area (Å²) in [4.78, 5) is 22.7. The van der Waals surface area contributed by atoms with Crippen LogP contribution < -0.4 is 11.3 Å². The quantitative estimate of drug-likeness (QED) is 0.704. The van der Waals surface area contributed by atoms with E-state index in [1.54, 1.807) is 0 Å². The van der Waals surface area contributed by atoms with Crippen molar-refractivity contribution in [3.8, 4) is 11.4 Å². The molecule has 27 heavy (non-hydrogen) atoms. The number of fused-ring (bicyclic) bond motifs is 1. The number of hydrogen-bond acceptors (Lipinski definition) is 4. The molecule has 0 fully saturated rings. The fraction of sp³-hybridized carbons (Fsp3) is 0.273. The van der Waals surface area contributed by atoms with Crippen molar-refractivity contribution in [1.29, 1.82) is 0 Å². The molecule has 0 spiro atoms. The number of nitrogens with two attached hydrogens (primary N) is 1. The van der Waals surface area contributed by atoms with Crippen LogP contribution in [0.5, 0.6) is 0 Å². The minimum atomic E-state index is -0.0445. The Morgan fingerprint density at radius 1 is 1.11 bits per heavy atom.